The van der Waals surface area contributed by atoms with E-state index < -0.39 is 0 Å². The molecule has 0 spiro atoms. The molecule has 0 saturated carbocycles. The number of hydrogen-bond donors (Lipinski definition) is 1. The molecule has 1 heterocycles. The van der Waals surface area contributed by atoms with Crippen molar-refractivity contribution in [3.05, 3.63) is 35.4 Å². The highest BCUT2D eigenvalue weighted by molar-refractivity contribution is 5.27. The van der Waals surface area contributed by atoms with Crippen molar-refractivity contribution in [2.24, 2.45) is 5.92 Å². The zero-order chi connectivity index (χ0) is 15.3. The smallest absolute Gasteiger partial charge is 0.0233 e. The van der Waals surface area contributed by atoms with Crippen LogP contribution >= 0.6 is 0 Å². The lowest BCUT2D eigenvalue weighted by Crippen LogP contribution is -2.36. The number of nitrogens with zero attached hydrogens (tertiary/aromatic N) is 1. The Morgan fingerprint density at radius 1 is 1.10 bits per heavy atom. The summed E-state index contributed by atoms with van der Waals surface area (Å²) >= 11 is 0. The molecule has 2 nitrogen and oxygen atoms in total. The van der Waals surface area contributed by atoms with Crippen LogP contribution in [0.1, 0.15) is 51.7 Å². The zero-order valence-corrected chi connectivity index (χ0v) is 14.3. The van der Waals surface area contributed by atoms with Crippen LogP contribution in [-0.4, -0.2) is 31.1 Å². The van der Waals surface area contributed by atoms with Crippen molar-refractivity contribution in [2.45, 2.75) is 52.5 Å². The minimum Gasteiger partial charge on any atom is -0.317 e. The van der Waals surface area contributed by atoms with Gasteiger partial charge < -0.3 is 5.32 Å². The maximum atomic E-state index is 3.48. The summed E-state index contributed by atoms with van der Waals surface area (Å²) in [5.74, 6) is 0.879. The third-order valence-electron chi connectivity index (χ3n) is 4.62. The molecule has 0 unspecified atom stereocenters. The van der Waals surface area contributed by atoms with Crippen molar-refractivity contribution in [3.8, 4) is 0 Å². The predicted octanol–water partition coefficient (Wildman–Crippen LogP) is 3.81. The first-order chi connectivity index (χ1) is 9.99. The van der Waals surface area contributed by atoms with Gasteiger partial charge in [0.15, 0.2) is 0 Å². The summed E-state index contributed by atoms with van der Waals surface area (Å²) in [6, 6.07) is 9.22. The van der Waals surface area contributed by atoms with Gasteiger partial charge in [-0.2, -0.15) is 0 Å². The van der Waals surface area contributed by atoms with Crippen LogP contribution in [0.2, 0.25) is 0 Å². The molecule has 2 rings (SSSR count). The van der Waals surface area contributed by atoms with Gasteiger partial charge in [0, 0.05) is 6.54 Å². The summed E-state index contributed by atoms with van der Waals surface area (Å²) in [5, 5.41) is 3.48. The molecule has 1 saturated heterocycles. The third kappa shape index (κ3) is 5.12. The van der Waals surface area contributed by atoms with Gasteiger partial charge in [0.2, 0.25) is 0 Å². The van der Waals surface area contributed by atoms with Crippen molar-refractivity contribution in [2.75, 3.05) is 26.2 Å². The van der Waals surface area contributed by atoms with E-state index in [2.05, 4.69) is 62.2 Å². The highest BCUT2D eigenvalue weighted by atomic mass is 15.1. The molecule has 21 heavy (non-hydrogen) atoms. The summed E-state index contributed by atoms with van der Waals surface area (Å²) in [6.45, 7) is 14.9. The lowest BCUT2D eigenvalue weighted by molar-refractivity contribution is 0.176. The molecule has 0 aliphatic carbocycles. The lowest BCUT2D eigenvalue weighted by atomic mass is 9.86. The Kier molecular flexibility index (Phi) is 5.83. The van der Waals surface area contributed by atoms with Crippen LogP contribution in [0, 0.1) is 5.92 Å². The first-order valence-electron chi connectivity index (χ1n) is 8.51. The van der Waals surface area contributed by atoms with E-state index in [9.17, 15) is 0 Å². The van der Waals surface area contributed by atoms with Crippen molar-refractivity contribution in [3.63, 3.8) is 0 Å². The van der Waals surface area contributed by atoms with E-state index in [1.807, 2.05) is 0 Å². The van der Waals surface area contributed by atoms with E-state index in [0.717, 1.165) is 19.0 Å². The molecule has 1 aliphatic heterocycles. The summed E-state index contributed by atoms with van der Waals surface area (Å²) in [6.07, 6.45) is 2.68. The second-order valence-electron chi connectivity index (χ2n) is 7.47. The molecule has 118 valence electrons. The molecule has 1 fully saturated rings. The molecule has 0 bridgehead atoms. The molecule has 0 amide bonds. The van der Waals surface area contributed by atoms with Gasteiger partial charge in [0.05, 0.1) is 0 Å². The summed E-state index contributed by atoms with van der Waals surface area (Å²) < 4.78 is 0. The van der Waals surface area contributed by atoms with Crippen LogP contribution in [0.4, 0.5) is 0 Å². The number of rotatable bonds is 5. The van der Waals surface area contributed by atoms with Crippen molar-refractivity contribution < 1.29 is 0 Å². The second-order valence-corrected chi connectivity index (χ2v) is 7.47. The van der Waals surface area contributed by atoms with Crippen LogP contribution in [0.15, 0.2) is 24.3 Å². The molecule has 1 aromatic carbocycles. The zero-order valence-electron chi connectivity index (χ0n) is 14.3. The van der Waals surface area contributed by atoms with Crippen LogP contribution < -0.4 is 5.32 Å². The Labute approximate surface area is 130 Å². The number of hydrogen-bond acceptors (Lipinski definition) is 2. The predicted molar refractivity (Wildman–Crippen MR) is 91.7 cm³/mol. The lowest BCUT2D eigenvalue weighted by Gasteiger charge is -2.32. The van der Waals surface area contributed by atoms with E-state index in [1.165, 1.54) is 43.6 Å². The monoisotopic (exact) mass is 288 g/mol. The molecule has 1 aliphatic rings. The Hall–Kier alpha value is -0.860. The topological polar surface area (TPSA) is 15.3 Å². The highest BCUT2D eigenvalue weighted by Gasteiger charge is 2.19. The van der Waals surface area contributed by atoms with E-state index in [0.29, 0.717) is 0 Å². The molecule has 0 atom stereocenters. The molecule has 1 N–H and O–H groups in total. The van der Waals surface area contributed by atoms with Gasteiger partial charge in [0.25, 0.3) is 0 Å². The first-order valence-corrected chi connectivity index (χ1v) is 8.51. The Balaban J connectivity index is 1.81. The number of likely N-dealkylation sites (tertiary alicyclic amines) is 1. The minimum absolute atomic E-state index is 0.253. The first kappa shape index (κ1) is 16.5. The fourth-order valence-electron chi connectivity index (χ4n) is 3.07. The molecule has 0 radical (unpaired) electrons. The largest absolute Gasteiger partial charge is 0.317 e. The van der Waals surface area contributed by atoms with E-state index in [1.54, 1.807) is 0 Å². The Morgan fingerprint density at radius 2 is 1.71 bits per heavy atom. The normalized spacial score (nSPS) is 18.1. The summed E-state index contributed by atoms with van der Waals surface area (Å²) in [4.78, 5) is 2.61. The third-order valence-corrected chi connectivity index (χ3v) is 4.62. The van der Waals surface area contributed by atoms with Gasteiger partial charge in [-0.25, -0.2) is 0 Å². The average Bonchev–Trinajstić information content (AvgIpc) is 2.46. The summed E-state index contributed by atoms with van der Waals surface area (Å²) in [7, 11) is 0. The van der Waals surface area contributed by atoms with Crippen molar-refractivity contribution in [1.29, 1.82) is 0 Å². The standard InChI is InChI=1S/C19H32N2/c1-5-20-14-16-10-12-21(13-11-16)15-17-6-8-18(9-7-17)19(2,3)4/h6-9,16,20H,5,10-15H2,1-4H3. The maximum Gasteiger partial charge on any atom is 0.0233 e. The SMILES string of the molecule is CCNCC1CCN(Cc2ccc(C(C)(C)C)cc2)CC1. The van der Waals surface area contributed by atoms with Gasteiger partial charge in [0.1, 0.15) is 0 Å². The Bertz CT molecular complexity index is 408. The van der Waals surface area contributed by atoms with Crippen LogP contribution in [0.3, 0.4) is 0 Å². The van der Waals surface area contributed by atoms with Gasteiger partial charge in [-0.05, 0) is 61.5 Å². The van der Waals surface area contributed by atoms with Crippen LogP contribution in [0.5, 0.6) is 0 Å². The number of nitrogens with one attached hydrogen (secondary N) is 1. The second kappa shape index (κ2) is 7.42. The highest BCUT2D eigenvalue weighted by Crippen LogP contribution is 2.23. The van der Waals surface area contributed by atoms with Crippen molar-refractivity contribution in [1.82, 2.24) is 10.2 Å². The molecule has 1 aromatic rings. The van der Waals surface area contributed by atoms with Gasteiger partial charge in [-0.1, -0.05) is 52.0 Å². The molecular formula is C19H32N2. The number of benzene rings is 1. The van der Waals surface area contributed by atoms with Crippen LogP contribution in [0.25, 0.3) is 0 Å². The minimum atomic E-state index is 0.253. The van der Waals surface area contributed by atoms with Gasteiger partial charge >= 0.3 is 0 Å². The molecule has 2 heteroatoms. The van der Waals surface area contributed by atoms with Gasteiger partial charge in [-0.3, -0.25) is 4.90 Å². The quantitative estimate of drug-likeness (QED) is 0.886. The summed E-state index contributed by atoms with van der Waals surface area (Å²) in [5.41, 5.74) is 3.13. The number of piperidine rings is 1. The average molecular weight is 288 g/mol. The van der Waals surface area contributed by atoms with Crippen molar-refractivity contribution >= 4 is 0 Å². The van der Waals surface area contributed by atoms with Gasteiger partial charge in [-0.15, -0.1) is 0 Å². The Morgan fingerprint density at radius 3 is 2.24 bits per heavy atom. The van der Waals surface area contributed by atoms with Crippen LogP contribution in [-0.2, 0) is 12.0 Å². The molecular weight excluding hydrogens is 256 g/mol. The van der Waals surface area contributed by atoms with E-state index in [-0.39, 0.29) is 5.41 Å². The van der Waals surface area contributed by atoms with E-state index >= 15 is 0 Å². The van der Waals surface area contributed by atoms with E-state index in [4.69, 9.17) is 0 Å². The fourth-order valence-corrected chi connectivity index (χ4v) is 3.07. The maximum absolute atomic E-state index is 3.48. The molecule has 0 aromatic heterocycles. The fraction of sp³-hybridized carbons (Fsp3) is 0.684.